The van der Waals surface area contributed by atoms with Gasteiger partial charge in [-0.15, -0.1) is 11.3 Å². The normalized spacial score (nSPS) is 11.1. The lowest BCUT2D eigenvalue weighted by molar-refractivity contribution is 0.0660. The Kier molecular flexibility index (Phi) is 4.75. The summed E-state index contributed by atoms with van der Waals surface area (Å²) in [5.74, 6) is -1.34. The standard InChI is InChI=1S/C21H17N3O5S/c1-10-4-3-5-12(8-10)18-23-19-15(11(2)16(30-19)17(22)25)20(26)24(18)9-13-6-7-14(29-13)21(27)28/h3-8H,9H2,1-2H3,(H2,22,25)(H,27,28). The van der Waals surface area contributed by atoms with Crippen LogP contribution in [0.2, 0.25) is 0 Å². The van der Waals surface area contributed by atoms with Crippen molar-refractivity contribution in [1.82, 2.24) is 9.55 Å². The summed E-state index contributed by atoms with van der Waals surface area (Å²) in [5, 5.41) is 9.41. The maximum Gasteiger partial charge on any atom is 0.371 e. The molecular formula is C21H17N3O5S. The fourth-order valence-electron chi connectivity index (χ4n) is 3.34. The summed E-state index contributed by atoms with van der Waals surface area (Å²) >= 11 is 1.08. The number of carbonyl (C=O) groups is 2. The number of nitrogens with zero attached hydrogens (tertiary/aromatic N) is 2. The van der Waals surface area contributed by atoms with Crippen molar-refractivity contribution in [2.75, 3.05) is 0 Å². The predicted molar refractivity (Wildman–Crippen MR) is 112 cm³/mol. The molecule has 3 heterocycles. The summed E-state index contributed by atoms with van der Waals surface area (Å²) in [6.07, 6.45) is 0. The van der Waals surface area contributed by atoms with Crippen LogP contribution in [0.3, 0.4) is 0 Å². The number of hydrogen-bond acceptors (Lipinski definition) is 6. The largest absolute Gasteiger partial charge is 0.475 e. The number of aromatic carboxylic acids is 1. The van der Waals surface area contributed by atoms with Crippen LogP contribution in [-0.4, -0.2) is 26.5 Å². The molecule has 0 aliphatic rings. The summed E-state index contributed by atoms with van der Waals surface area (Å²) in [7, 11) is 0. The number of carboxylic acid groups (broad SMARTS) is 1. The highest BCUT2D eigenvalue weighted by molar-refractivity contribution is 7.20. The second-order valence-corrected chi connectivity index (χ2v) is 7.87. The molecule has 0 spiro atoms. The van der Waals surface area contributed by atoms with Crippen molar-refractivity contribution in [3.05, 3.63) is 74.3 Å². The van der Waals surface area contributed by atoms with Crippen molar-refractivity contribution in [3.63, 3.8) is 0 Å². The lowest BCUT2D eigenvalue weighted by Gasteiger charge is -2.12. The van der Waals surface area contributed by atoms with Crippen LogP contribution in [0.5, 0.6) is 0 Å². The number of fused-ring (bicyclic) bond motifs is 1. The third-order valence-corrected chi connectivity index (χ3v) is 5.94. The van der Waals surface area contributed by atoms with Crippen molar-refractivity contribution in [1.29, 1.82) is 0 Å². The van der Waals surface area contributed by atoms with Gasteiger partial charge < -0.3 is 15.3 Å². The van der Waals surface area contributed by atoms with Gasteiger partial charge in [0.15, 0.2) is 0 Å². The van der Waals surface area contributed by atoms with E-state index in [0.717, 1.165) is 16.9 Å². The topological polar surface area (TPSA) is 128 Å². The summed E-state index contributed by atoms with van der Waals surface area (Å²) in [6.45, 7) is 3.57. The van der Waals surface area contributed by atoms with E-state index in [4.69, 9.17) is 15.3 Å². The Morgan fingerprint density at radius 2 is 2.00 bits per heavy atom. The predicted octanol–water partition coefficient (Wildman–Crippen LogP) is 3.18. The number of primary amides is 1. The van der Waals surface area contributed by atoms with Crippen LogP contribution in [0, 0.1) is 13.8 Å². The molecule has 0 atom stereocenters. The third-order valence-electron chi connectivity index (χ3n) is 4.74. The second-order valence-electron chi connectivity index (χ2n) is 6.87. The number of aromatic nitrogens is 2. The number of rotatable bonds is 5. The summed E-state index contributed by atoms with van der Waals surface area (Å²) < 4.78 is 6.77. The minimum absolute atomic E-state index is 0.0144. The molecule has 0 radical (unpaired) electrons. The number of hydrogen-bond donors (Lipinski definition) is 2. The van der Waals surface area contributed by atoms with Gasteiger partial charge in [0.05, 0.1) is 16.8 Å². The maximum absolute atomic E-state index is 13.4. The van der Waals surface area contributed by atoms with Gasteiger partial charge in [0.1, 0.15) is 16.4 Å². The molecular weight excluding hydrogens is 406 g/mol. The van der Waals surface area contributed by atoms with Gasteiger partial charge >= 0.3 is 5.97 Å². The fraction of sp³-hybridized carbons (Fsp3) is 0.143. The quantitative estimate of drug-likeness (QED) is 0.507. The Hall–Kier alpha value is -3.72. The smallest absolute Gasteiger partial charge is 0.371 e. The summed E-state index contributed by atoms with van der Waals surface area (Å²) in [6, 6.07) is 10.4. The van der Waals surface area contributed by atoms with Crippen LogP contribution in [0.15, 0.2) is 45.6 Å². The third kappa shape index (κ3) is 3.29. The summed E-state index contributed by atoms with van der Waals surface area (Å²) in [4.78, 5) is 41.7. The molecule has 3 N–H and O–H groups in total. The zero-order valence-electron chi connectivity index (χ0n) is 16.1. The molecule has 0 unspecified atom stereocenters. The molecule has 4 aromatic rings. The zero-order chi connectivity index (χ0) is 21.6. The summed E-state index contributed by atoms with van der Waals surface area (Å²) in [5.41, 5.74) is 7.28. The SMILES string of the molecule is Cc1cccc(-c2nc3sc(C(N)=O)c(C)c3c(=O)n2Cc2ccc(C(=O)O)o2)c1. The van der Waals surface area contributed by atoms with Crippen molar-refractivity contribution >= 4 is 33.4 Å². The highest BCUT2D eigenvalue weighted by Gasteiger charge is 2.22. The Labute approximate surface area is 174 Å². The van der Waals surface area contributed by atoms with Gasteiger partial charge in [-0.3, -0.25) is 14.2 Å². The number of amides is 1. The van der Waals surface area contributed by atoms with Crippen LogP contribution >= 0.6 is 11.3 Å². The number of aryl methyl sites for hydroxylation is 2. The highest BCUT2D eigenvalue weighted by Crippen LogP contribution is 2.29. The molecule has 152 valence electrons. The van der Waals surface area contributed by atoms with E-state index in [-0.39, 0.29) is 22.7 Å². The average molecular weight is 423 g/mol. The van der Waals surface area contributed by atoms with Crippen LogP contribution in [0.1, 0.15) is 37.1 Å². The van der Waals surface area contributed by atoms with Crippen molar-refractivity contribution in [2.24, 2.45) is 5.73 Å². The van der Waals surface area contributed by atoms with Crippen LogP contribution in [-0.2, 0) is 6.54 Å². The minimum atomic E-state index is -1.19. The Morgan fingerprint density at radius 3 is 2.63 bits per heavy atom. The molecule has 1 aromatic carbocycles. The molecule has 9 heteroatoms. The zero-order valence-corrected chi connectivity index (χ0v) is 16.9. The van der Waals surface area contributed by atoms with E-state index in [1.165, 1.54) is 16.7 Å². The first-order valence-corrected chi connectivity index (χ1v) is 9.80. The number of nitrogens with two attached hydrogens (primary N) is 1. The Balaban J connectivity index is 1.99. The lowest BCUT2D eigenvalue weighted by atomic mass is 10.1. The number of benzene rings is 1. The lowest BCUT2D eigenvalue weighted by Crippen LogP contribution is -2.24. The maximum atomic E-state index is 13.4. The van der Waals surface area contributed by atoms with Gasteiger partial charge in [0.25, 0.3) is 11.5 Å². The molecule has 0 saturated heterocycles. The molecule has 8 nitrogen and oxygen atoms in total. The first-order chi connectivity index (χ1) is 14.3. The van der Waals surface area contributed by atoms with Crippen molar-refractivity contribution in [3.8, 4) is 11.4 Å². The first kappa shape index (κ1) is 19.6. The minimum Gasteiger partial charge on any atom is -0.475 e. The van der Waals surface area contributed by atoms with E-state index in [1.54, 1.807) is 6.92 Å². The number of thiophene rings is 1. The van der Waals surface area contributed by atoms with Crippen molar-refractivity contribution < 1.29 is 19.1 Å². The molecule has 0 aliphatic carbocycles. The number of carbonyl (C=O) groups excluding carboxylic acids is 1. The van der Waals surface area contributed by atoms with Crippen LogP contribution in [0.4, 0.5) is 0 Å². The number of furan rings is 1. The van der Waals surface area contributed by atoms with E-state index < -0.39 is 11.9 Å². The first-order valence-electron chi connectivity index (χ1n) is 8.99. The molecule has 0 bridgehead atoms. The number of carboxylic acids is 1. The molecule has 0 saturated carbocycles. The average Bonchev–Trinajstić information content (AvgIpc) is 3.29. The van der Waals surface area contributed by atoms with E-state index in [0.29, 0.717) is 32.9 Å². The van der Waals surface area contributed by atoms with Crippen molar-refractivity contribution in [2.45, 2.75) is 20.4 Å². The van der Waals surface area contributed by atoms with Gasteiger partial charge in [-0.05, 0) is 37.6 Å². The van der Waals surface area contributed by atoms with E-state index in [2.05, 4.69) is 4.98 Å². The Bertz CT molecular complexity index is 1380. The van der Waals surface area contributed by atoms with Gasteiger partial charge in [-0.25, -0.2) is 9.78 Å². The van der Waals surface area contributed by atoms with Crippen LogP contribution < -0.4 is 11.3 Å². The van der Waals surface area contributed by atoms with E-state index in [9.17, 15) is 14.4 Å². The van der Waals surface area contributed by atoms with Gasteiger partial charge in [0.2, 0.25) is 5.76 Å². The van der Waals surface area contributed by atoms with Gasteiger partial charge in [-0.1, -0.05) is 23.8 Å². The fourth-order valence-corrected chi connectivity index (χ4v) is 4.36. The molecule has 0 aliphatic heterocycles. The van der Waals surface area contributed by atoms with E-state index >= 15 is 0 Å². The molecule has 0 fully saturated rings. The molecule has 3 aromatic heterocycles. The van der Waals surface area contributed by atoms with Gasteiger partial charge in [0, 0.05) is 5.56 Å². The molecule has 4 rings (SSSR count). The highest BCUT2D eigenvalue weighted by atomic mass is 32.1. The van der Waals surface area contributed by atoms with E-state index in [1.807, 2.05) is 31.2 Å². The molecule has 30 heavy (non-hydrogen) atoms. The monoisotopic (exact) mass is 423 g/mol. The molecule has 1 amide bonds. The van der Waals surface area contributed by atoms with Gasteiger partial charge in [-0.2, -0.15) is 0 Å². The van der Waals surface area contributed by atoms with Crippen LogP contribution in [0.25, 0.3) is 21.6 Å². The second kappa shape index (κ2) is 7.27. The Morgan fingerprint density at radius 1 is 1.23 bits per heavy atom.